The van der Waals surface area contributed by atoms with Crippen molar-refractivity contribution in [3.8, 4) is 0 Å². The van der Waals surface area contributed by atoms with E-state index in [4.69, 9.17) is 0 Å². The lowest BCUT2D eigenvalue weighted by molar-refractivity contribution is 0.554. The Kier molecular flexibility index (Phi) is 6.20. The Morgan fingerprint density at radius 3 is 2.45 bits per heavy atom. The van der Waals surface area contributed by atoms with E-state index in [-0.39, 0.29) is 11.5 Å². The molecule has 0 amide bonds. The number of aryl methyl sites for hydroxylation is 2. The number of aromatic nitrogens is 2. The van der Waals surface area contributed by atoms with Crippen molar-refractivity contribution in [2.75, 3.05) is 18.6 Å². The van der Waals surface area contributed by atoms with Crippen molar-refractivity contribution in [3.63, 3.8) is 0 Å². The summed E-state index contributed by atoms with van der Waals surface area (Å²) in [4.78, 5) is 0. The average Bonchev–Trinajstić information content (AvgIpc) is 2.68. The first-order valence-electron chi connectivity index (χ1n) is 7.27. The van der Waals surface area contributed by atoms with E-state index in [1.807, 2.05) is 18.7 Å². The molecular formula is C14H27N3O2S. The fraction of sp³-hybridized carbons (Fsp3) is 0.786. The Balaban J connectivity index is 2.81. The number of nitrogens with one attached hydrogen (secondary N) is 1. The molecule has 0 aliphatic heterocycles. The third-order valence-electron chi connectivity index (χ3n) is 3.81. The fourth-order valence-electron chi connectivity index (χ4n) is 2.56. The average molecular weight is 301 g/mol. The second kappa shape index (κ2) is 7.22. The van der Waals surface area contributed by atoms with Crippen molar-refractivity contribution in [1.82, 2.24) is 15.1 Å². The SMILES string of the molecule is CCC(NC)c1c(C)nn(CCCS(=O)(=O)CC)c1C. The standard InChI is InChI=1S/C14H27N3O2S/c1-6-13(15-5)14-11(3)16-17(12(14)4)9-8-10-20(18,19)7-2/h13,15H,6-10H2,1-5H3. The van der Waals surface area contributed by atoms with Crippen LogP contribution in [-0.2, 0) is 16.4 Å². The van der Waals surface area contributed by atoms with Crippen LogP contribution in [0.2, 0.25) is 0 Å². The first-order valence-corrected chi connectivity index (χ1v) is 9.10. The van der Waals surface area contributed by atoms with Gasteiger partial charge in [-0.1, -0.05) is 13.8 Å². The minimum atomic E-state index is -2.88. The van der Waals surface area contributed by atoms with Gasteiger partial charge >= 0.3 is 0 Å². The van der Waals surface area contributed by atoms with Gasteiger partial charge in [0.2, 0.25) is 0 Å². The van der Waals surface area contributed by atoms with Gasteiger partial charge in [0.15, 0.2) is 0 Å². The molecule has 0 aliphatic rings. The maximum Gasteiger partial charge on any atom is 0.150 e. The van der Waals surface area contributed by atoms with Crippen LogP contribution in [0.25, 0.3) is 0 Å². The van der Waals surface area contributed by atoms with E-state index < -0.39 is 9.84 Å². The zero-order valence-corrected chi connectivity index (χ0v) is 14.0. The van der Waals surface area contributed by atoms with Gasteiger partial charge in [0.25, 0.3) is 0 Å². The highest BCUT2D eigenvalue weighted by atomic mass is 32.2. The van der Waals surface area contributed by atoms with E-state index in [1.54, 1.807) is 6.92 Å². The molecule has 5 nitrogen and oxygen atoms in total. The molecule has 1 heterocycles. The molecule has 0 fully saturated rings. The molecule has 6 heteroatoms. The smallest absolute Gasteiger partial charge is 0.150 e. The van der Waals surface area contributed by atoms with Gasteiger partial charge in [0, 0.05) is 29.6 Å². The third kappa shape index (κ3) is 4.06. The highest BCUT2D eigenvalue weighted by molar-refractivity contribution is 7.91. The molecule has 0 spiro atoms. The quantitative estimate of drug-likeness (QED) is 0.797. The predicted molar refractivity (Wildman–Crippen MR) is 82.7 cm³/mol. The number of sulfone groups is 1. The zero-order valence-electron chi connectivity index (χ0n) is 13.2. The lowest BCUT2D eigenvalue weighted by atomic mass is 10.0. The van der Waals surface area contributed by atoms with Crippen molar-refractivity contribution in [1.29, 1.82) is 0 Å². The van der Waals surface area contributed by atoms with Crippen LogP contribution in [0.4, 0.5) is 0 Å². The Labute approximate surface area is 122 Å². The van der Waals surface area contributed by atoms with E-state index in [0.717, 1.165) is 17.8 Å². The largest absolute Gasteiger partial charge is 0.313 e. The number of hydrogen-bond acceptors (Lipinski definition) is 4. The molecule has 1 N–H and O–H groups in total. The van der Waals surface area contributed by atoms with Crippen LogP contribution in [0.1, 0.15) is 49.7 Å². The lowest BCUT2D eigenvalue weighted by Gasteiger charge is -2.14. The van der Waals surface area contributed by atoms with Crippen LogP contribution < -0.4 is 5.32 Å². The fourth-order valence-corrected chi connectivity index (χ4v) is 3.42. The molecule has 1 aromatic heterocycles. The number of hydrogen-bond donors (Lipinski definition) is 1. The summed E-state index contributed by atoms with van der Waals surface area (Å²) in [6, 6.07) is 0.308. The van der Waals surface area contributed by atoms with Gasteiger partial charge in [0.1, 0.15) is 9.84 Å². The molecule has 116 valence electrons. The molecule has 0 bridgehead atoms. The second-order valence-corrected chi connectivity index (χ2v) is 7.62. The summed E-state index contributed by atoms with van der Waals surface area (Å²) >= 11 is 0. The molecule has 0 aliphatic carbocycles. The molecule has 1 atom stereocenters. The second-order valence-electron chi connectivity index (χ2n) is 5.15. The highest BCUT2D eigenvalue weighted by Crippen LogP contribution is 2.23. The monoisotopic (exact) mass is 301 g/mol. The Bertz CT molecular complexity index is 531. The van der Waals surface area contributed by atoms with E-state index in [0.29, 0.717) is 19.0 Å². The van der Waals surface area contributed by atoms with Crippen LogP contribution in [0.5, 0.6) is 0 Å². The molecular weight excluding hydrogens is 274 g/mol. The molecule has 0 radical (unpaired) electrons. The van der Waals surface area contributed by atoms with Crippen molar-refractivity contribution in [3.05, 3.63) is 17.0 Å². The number of rotatable bonds is 8. The number of nitrogens with zero attached hydrogens (tertiary/aromatic N) is 2. The van der Waals surface area contributed by atoms with Crippen LogP contribution >= 0.6 is 0 Å². The summed E-state index contributed by atoms with van der Waals surface area (Å²) < 4.78 is 25.0. The molecule has 20 heavy (non-hydrogen) atoms. The van der Waals surface area contributed by atoms with Crippen molar-refractivity contribution < 1.29 is 8.42 Å². The summed E-state index contributed by atoms with van der Waals surface area (Å²) in [6.07, 6.45) is 1.63. The van der Waals surface area contributed by atoms with E-state index in [9.17, 15) is 8.42 Å². The highest BCUT2D eigenvalue weighted by Gasteiger charge is 2.18. The summed E-state index contributed by atoms with van der Waals surface area (Å²) in [5.74, 6) is 0.452. The van der Waals surface area contributed by atoms with Crippen LogP contribution in [0, 0.1) is 13.8 Å². The van der Waals surface area contributed by atoms with Crippen molar-refractivity contribution >= 4 is 9.84 Å². The summed E-state index contributed by atoms with van der Waals surface area (Å²) in [5, 5.41) is 7.86. The maximum atomic E-state index is 11.5. The zero-order chi connectivity index (χ0) is 15.3. The molecule has 1 unspecified atom stereocenters. The lowest BCUT2D eigenvalue weighted by Crippen LogP contribution is -2.17. The minimum absolute atomic E-state index is 0.215. The van der Waals surface area contributed by atoms with Crippen LogP contribution in [-0.4, -0.2) is 36.8 Å². The molecule has 1 rings (SSSR count). The Morgan fingerprint density at radius 1 is 1.30 bits per heavy atom. The van der Waals surface area contributed by atoms with Crippen molar-refractivity contribution in [2.45, 2.75) is 53.1 Å². The van der Waals surface area contributed by atoms with Crippen molar-refractivity contribution in [2.24, 2.45) is 0 Å². The van der Waals surface area contributed by atoms with Gasteiger partial charge in [-0.25, -0.2) is 8.42 Å². The van der Waals surface area contributed by atoms with E-state index in [2.05, 4.69) is 24.3 Å². The molecule has 0 aromatic carbocycles. The van der Waals surface area contributed by atoms with Gasteiger partial charge in [0.05, 0.1) is 11.4 Å². The Hall–Kier alpha value is -0.880. The predicted octanol–water partition coefficient (Wildman–Crippen LogP) is 2.00. The van der Waals surface area contributed by atoms with Crippen LogP contribution in [0.15, 0.2) is 0 Å². The Morgan fingerprint density at radius 2 is 1.95 bits per heavy atom. The van der Waals surface area contributed by atoms with E-state index >= 15 is 0 Å². The maximum absolute atomic E-state index is 11.5. The third-order valence-corrected chi connectivity index (χ3v) is 5.60. The van der Waals surface area contributed by atoms with Gasteiger partial charge in [-0.05, 0) is 33.7 Å². The summed E-state index contributed by atoms with van der Waals surface area (Å²) in [5.41, 5.74) is 3.41. The van der Waals surface area contributed by atoms with Crippen LogP contribution in [0.3, 0.4) is 0 Å². The summed E-state index contributed by atoms with van der Waals surface area (Å²) in [7, 11) is -0.928. The van der Waals surface area contributed by atoms with E-state index in [1.165, 1.54) is 5.56 Å². The topological polar surface area (TPSA) is 64.0 Å². The van der Waals surface area contributed by atoms with Gasteiger partial charge in [-0.3, -0.25) is 4.68 Å². The summed E-state index contributed by atoms with van der Waals surface area (Å²) in [6.45, 7) is 8.57. The molecule has 0 saturated heterocycles. The van der Waals surface area contributed by atoms with Gasteiger partial charge < -0.3 is 5.32 Å². The first-order chi connectivity index (χ1) is 9.36. The van der Waals surface area contributed by atoms with Gasteiger partial charge in [-0.2, -0.15) is 5.10 Å². The molecule has 1 aromatic rings. The first kappa shape index (κ1) is 17.2. The van der Waals surface area contributed by atoms with Gasteiger partial charge in [-0.15, -0.1) is 0 Å². The molecule has 0 saturated carbocycles. The normalized spacial score (nSPS) is 13.7. The minimum Gasteiger partial charge on any atom is -0.313 e.